The monoisotopic (exact) mass is 484 g/mol. The lowest BCUT2D eigenvalue weighted by Gasteiger charge is -2.44. The Morgan fingerprint density at radius 2 is 1.89 bits per heavy atom. The van der Waals surface area contributed by atoms with Crippen molar-refractivity contribution in [2.24, 2.45) is 0 Å². The highest BCUT2D eigenvalue weighted by atomic mass is 16.3. The first-order valence-electron chi connectivity index (χ1n) is 12.9. The predicted octanol–water partition coefficient (Wildman–Crippen LogP) is 5.20. The van der Waals surface area contributed by atoms with Crippen molar-refractivity contribution in [2.75, 3.05) is 0 Å². The minimum atomic E-state index is -1.07. The van der Waals surface area contributed by atoms with Gasteiger partial charge in [0.2, 0.25) is 5.91 Å². The van der Waals surface area contributed by atoms with Crippen LogP contribution >= 0.6 is 0 Å². The molecule has 0 bridgehead atoms. The van der Waals surface area contributed by atoms with Gasteiger partial charge in [-0.2, -0.15) is 0 Å². The van der Waals surface area contributed by atoms with Crippen LogP contribution in [0.2, 0.25) is 0 Å². The molecule has 36 heavy (non-hydrogen) atoms. The van der Waals surface area contributed by atoms with Gasteiger partial charge in [-0.05, 0) is 63.1 Å². The molecule has 4 aromatic rings. The van der Waals surface area contributed by atoms with Crippen molar-refractivity contribution in [2.45, 2.75) is 70.6 Å². The highest BCUT2D eigenvalue weighted by Crippen LogP contribution is 2.39. The second kappa shape index (κ2) is 8.73. The molecular weight excluding hydrogens is 452 g/mol. The number of aromatic nitrogens is 2. The molecule has 1 saturated carbocycles. The van der Waals surface area contributed by atoms with Crippen LogP contribution in [0.1, 0.15) is 60.8 Å². The van der Waals surface area contributed by atoms with Gasteiger partial charge >= 0.3 is 0 Å². The number of furan rings is 1. The third-order valence-corrected chi connectivity index (χ3v) is 7.89. The van der Waals surface area contributed by atoms with Crippen LogP contribution in [-0.2, 0) is 17.9 Å². The minimum absolute atomic E-state index is 0.101. The summed E-state index contributed by atoms with van der Waals surface area (Å²) in [5, 5.41) is 4.30. The van der Waals surface area contributed by atoms with Gasteiger partial charge in [-0.15, -0.1) is 0 Å². The second-order valence-electron chi connectivity index (χ2n) is 10.4. The zero-order chi connectivity index (χ0) is 24.9. The third-order valence-electron chi connectivity index (χ3n) is 7.89. The van der Waals surface area contributed by atoms with Crippen molar-refractivity contribution in [1.29, 1.82) is 0 Å². The molecule has 186 valence electrons. The fraction of sp³-hybridized carbons (Fsp3) is 0.379. The lowest BCUT2D eigenvalue weighted by Crippen LogP contribution is -2.64. The summed E-state index contributed by atoms with van der Waals surface area (Å²) in [6.45, 7) is 4.55. The van der Waals surface area contributed by atoms with Gasteiger partial charge in [0, 0.05) is 23.8 Å². The van der Waals surface area contributed by atoms with Gasteiger partial charge in [-0.25, -0.2) is 0 Å². The zero-order valence-corrected chi connectivity index (χ0v) is 20.9. The Hall–Kier alpha value is -3.74. The number of hydrogen-bond acceptors (Lipinski definition) is 3. The number of amides is 2. The summed E-state index contributed by atoms with van der Waals surface area (Å²) < 4.78 is 9.68. The first-order chi connectivity index (χ1) is 17.5. The maximum Gasteiger partial charge on any atom is 0.274 e. The van der Waals surface area contributed by atoms with Crippen molar-refractivity contribution >= 4 is 22.7 Å². The first kappa shape index (κ1) is 22.7. The molecular formula is C29H32N4O3. The molecule has 0 saturated heterocycles. The van der Waals surface area contributed by atoms with Crippen LogP contribution < -0.4 is 5.32 Å². The van der Waals surface area contributed by atoms with Gasteiger partial charge in [-0.3, -0.25) is 9.59 Å². The molecule has 4 heterocycles. The minimum Gasteiger partial charge on any atom is -0.467 e. The molecule has 1 aliphatic carbocycles. The van der Waals surface area contributed by atoms with Crippen molar-refractivity contribution in [3.63, 3.8) is 0 Å². The summed E-state index contributed by atoms with van der Waals surface area (Å²) in [6, 6.07) is 14.0. The van der Waals surface area contributed by atoms with Gasteiger partial charge in [0.15, 0.2) is 0 Å². The Bertz CT molecular complexity index is 1410. The fourth-order valence-corrected chi connectivity index (χ4v) is 5.91. The lowest BCUT2D eigenvalue weighted by molar-refractivity contribution is -0.134. The first-order valence-corrected chi connectivity index (χ1v) is 12.9. The molecule has 1 aliphatic heterocycles. The molecule has 2 amide bonds. The molecule has 1 aromatic carbocycles. The summed E-state index contributed by atoms with van der Waals surface area (Å²) in [5.41, 5.74) is 2.46. The Morgan fingerprint density at radius 3 is 2.61 bits per heavy atom. The van der Waals surface area contributed by atoms with Crippen LogP contribution in [0, 0.1) is 6.92 Å². The highest BCUT2D eigenvalue weighted by Gasteiger charge is 2.49. The molecule has 2 aliphatic rings. The Kier molecular flexibility index (Phi) is 5.51. The SMILES string of the molecule is Cc1ccc2c(c1)c(-n1cccc1)c1n2C[C@](C)(C(=O)NC2CCCCC2)N(Cc2ccco2)C1=O. The molecule has 0 spiro atoms. The molecule has 0 unspecified atom stereocenters. The summed E-state index contributed by atoms with van der Waals surface area (Å²) in [5.74, 6) is 0.385. The Labute approximate surface area is 210 Å². The lowest BCUT2D eigenvalue weighted by atomic mass is 9.91. The number of nitrogens with zero attached hydrogens (tertiary/aromatic N) is 3. The fourth-order valence-electron chi connectivity index (χ4n) is 5.91. The molecule has 1 atom stereocenters. The van der Waals surface area contributed by atoms with Gasteiger partial charge in [0.25, 0.3) is 5.91 Å². The number of nitrogens with one attached hydrogen (secondary N) is 1. The van der Waals surface area contributed by atoms with Gasteiger partial charge in [0.1, 0.15) is 17.0 Å². The standard InChI is InChI=1S/C29H32N4O3/c1-20-12-13-24-23(17-20)25(31-14-6-7-15-31)26-27(34)33(18-22-11-8-16-36-22)29(2,19-32(24)26)28(35)30-21-9-4-3-5-10-21/h6-8,11-17,21H,3-5,9-10,18-19H2,1-2H3,(H,30,35)/t29-/m1/s1. The molecule has 1 N–H and O–H groups in total. The topological polar surface area (TPSA) is 72.4 Å². The molecule has 6 rings (SSSR count). The van der Waals surface area contributed by atoms with E-state index in [4.69, 9.17) is 4.42 Å². The number of rotatable bonds is 5. The van der Waals surface area contributed by atoms with Crippen LogP contribution in [0.15, 0.2) is 65.5 Å². The third kappa shape index (κ3) is 3.65. The Morgan fingerprint density at radius 1 is 1.11 bits per heavy atom. The van der Waals surface area contributed by atoms with E-state index in [-0.39, 0.29) is 24.4 Å². The zero-order valence-electron chi connectivity index (χ0n) is 20.9. The number of benzene rings is 1. The van der Waals surface area contributed by atoms with Gasteiger partial charge in [-0.1, -0.05) is 30.9 Å². The number of carbonyl (C=O) groups is 2. The highest BCUT2D eigenvalue weighted by molar-refractivity contribution is 6.09. The van der Waals surface area contributed by atoms with E-state index >= 15 is 0 Å². The number of hydrogen-bond donors (Lipinski definition) is 1. The van der Waals surface area contributed by atoms with Crippen molar-refractivity contribution < 1.29 is 14.0 Å². The molecule has 7 nitrogen and oxygen atoms in total. The van der Waals surface area contributed by atoms with E-state index in [9.17, 15) is 9.59 Å². The van der Waals surface area contributed by atoms with E-state index in [0.29, 0.717) is 18.0 Å². The second-order valence-corrected chi connectivity index (χ2v) is 10.4. The van der Waals surface area contributed by atoms with E-state index < -0.39 is 5.54 Å². The summed E-state index contributed by atoms with van der Waals surface area (Å²) in [7, 11) is 0. The van der Waals surface area contributed by atoms with Gasteiger partial charge < -0.3 is 23.8 Å². The van der Waals surface area contributed by atoms with Crippen molar-refractivity contribution in [1.82, 2.24) is 19.4 Å². The van der Waals surface area contributed by atoms with Crippen LogP contribution in [-0.4, -0.2) is 37.4 Å². The normalized spacial score (nSPS) is 20.6. The summed E-state index contributed by atoms with van der Waals surface area (Å²) in [6.07, 6.45) is 11.0. The Balaban J connectivity index is 1.51. The molecule has 7 heteroatoms. The smallest absolute Gasteiger partial charge is 0.274 e. The van der Waals surface area contributed by atoms with Crippen molar-refractivity contribution in [3.05, 3.63) is 78.1 Å². The van der Waals surface area contributed by atoms with Crippen LogP contribution in [0.5, 0.6) is 0 Å². The maximum absolute atomic E-state index is 14.4. The average Bonchev–Trinajstić information content (AvgIpc) is 3.63. The van der Waals surface area contributed by atoms with E-state index in [2.05, 4.69) is 30.4 Å². The predicted molar refractivity (Wildman–Crippen MR) is 138 cm³/mol. The number of carbonyl (C=O) groups excluding carboxylic acids is 2. The quantitative estimate of drug-likeness (QED) is 0.423. The average molecular weight is 485 g/mol. The number of fused-ring (bicyclic) bond motifs is 3. The van der Waals surface area contributed by atoms with Crippen LogP contribution in [0.3, 0.4) is 0 Å². The molecule has 0 radical (unpaired) electrons. The van der Waals surface area contributed by atoms with E-state index in [0.717, 1.165) is 47.8 Å². The summed E-state index contributed by atoms with van der Waals surface area (Å²) in [4.78, 5) is 30.1. The van der Waals surface area contributed by atoms with Crippen LogP contribution in [0.25, 0.3) is 16.6 Å². The van der Waals surface area contributed by atoms with Gasteiger partial charge in [0.05, 0.1) is 30.6 Å². The van der Waals surface area contributed by atoms with Crippen LogP contribution in [0.4, 0.5) is 0 Å². The number of aryl methyl sites for hydroxylation is 1. The largest absolute Gasteiger partial charge is 0.467 e. The van der Waals surface area contributed by atoms with E-state index in [1.807, 2.05) is 52.7 Å². The van der Waals surface area contributed by atoms with E-state index in [1.54, 1.807) is 11.2 Å². The maximum atomic E-state index is 14.4. The molecule has 1 fully saturated rings. The summed E-state index contributed by atoms with van der Waals surface area (Å²) >= 11 is 0. The van der Waals surface area contributed by atoms with Crippen molar-refractivity contribution in [3.8, 4) is 5.69 Å². The molecule has 3 aromatic heterocycles. The van der Waals surface area contributed by atoms with E-state index in [1.165, 1.54) is 6.42 Å².